The van der Waals surface area contributed by atoms with Crippen LogP contribution in [-0.2, 0) is 0 Å². The van der Waals surface area contributed by atoms with Gasteiger partial charge in [-0.05, 0) is 80.6 Å². The van der Waals surface area contributed by atoms with E-state index >= 15 is 0 Å². The zero-order chi connectivity index (χ0) is 26.2. The van der Waals surface area contributed by atoms with Crippen molar-refractivity contribution >= 4 is 34.0 Å². The van der Waals surface area contributed by atoms with Crippen LogP contribution in [-0.4, -0.2) is 30.5 Å². The number of ether oxygens (including phenoxy) is 1. The summed E-state index contributed by atoms with van der Waals surface area (Å²) >= 11 is 7.29. The van der Waals surface area contributed by atoms with E-state index in [-0.39, 0.29) is 11.7 Å². The van der Waals surface area contributed by atoms with Crippen molar-refractivity contribution in [2.24, 2.45) is 0 Å². The van der Waals surface area contributed by atoms with Crippen molar-refractivity contribution < 1.29 is 4.74 Å². The predicted octanol–water partition coefficient (Wildman–Crippen LogP) is 5.66. The third kappa shape index (κ3) is 4.71. The summed E-state index contributed by atoms with van der Waals surface area (Å²) in [4.78, 5) is 18.4. The number of hydrogen-bond acceptors (Lipinski definition) is 6. The molecule has 0 spiro atoms. The highest BCUT2D eigenvalue weighted by Gasteiger charge is 2.15. The Morgan fingerprint density at radius 3 is 2.32 bits per heavy atom. The van der Waals surface area contributed by atoms with E-state index in [9.17, 15) is 4.79 Å². The molecule has 0 aliphatic carbocycles. The number of rotatable bonds is 6. The smallest absolute Gasteiger partial charge is 0.291 e. The van der Waals surface area contributed by atoms with E-state index in [1.807, 2.05) is 97.5 Å². The molecule has 0 aliphatic heterocycles. The number of halogens is 1. The van der Waals surface area contributed by atoms with Gasteiger partial charge in [0.2, 0.25) is 4.96 Å². The molecule has 0 fully saturated rings. The van der Waals surface area contributed by atoms with Gasteiger partial charge in [-0.1, -0.05) is 41.1 Å². The minimum atomic E-state index is -0.225. The molecule has 6 aromatic rings. The van der Waals surface area contributed by atoms with E-state index in [0.29, 0.717) is 20.3 Å². The fourth-order valence-corrected chi connectivity index (χ4v) is 5.11. The molecule has 6 rings (SSSR count). The Bertz CT molecular complexity index is 1840. The summed E-state index contributed by atoms with van der Waals surface area (Å²) in [6.07, 6.45) is 3.87. The molecule has 0 aliphatic rings. The van der Waals surface area contributed by atoms with Gasteiger partial charge in [0.15, 0.2) is 5.82 Å². The summed E-state index contributed by atoms with van der Waals surface area (Å²) in [7, 11) is 0. The Labute approximate surface area is 227 Å². The van der Waals surface area contributed by atoms with Crippen molar-refractivity contribution in [3.05, 3.63) is 111 Å². The molecule has 0 amide bonds. The molecule has 7 nitrogen and oxygen atoms in total. The number of fused-ring (bicyclic) bond motifs is 1. The summed E-state index contributed by atoms with van der Waals surface area (Å²) in [5.41, 5.74) is 3.98. The first-order chi connectivity index (χ1) is 18.4. The minimum absolute atomic E-state index is 0.0871. The van der Waals surface area contributed by atoms with Gasteiger partial charge in [-0.3, -0.25) is 4.79 Å². The molecule has 0 saturated heterocycles. The summed E-state index contributed by atoms with van der Waals surface area (Å²) < 4.78 is 9.49. The van der Waals surface area contributed by atoms with Crippen LogP contribution in [0.5, 0.6) is 5.75 Å². The monoisotopic (exact) mass is 539 g/mol. The zero-order valence-corrected chi connectivity index (χ0v) is 22.1. The van der Waals surface area contributed by atoms with E-state index in [1.165, 1.54) is 15.9 Å². The second-order valence-electron chi connectivity index (χ2n) is 8.96. The Kier molecular flexibility index (Phi) is 6.27. The molecule has 188 valence electrons. The van der Waals surface area contributed by atoms with Crippen LogP contribution in [0.15, 0.2) is 89.9 Å². The third-order valence-electron chi connectivity index (χ3n) is 5.83. The molecule has 0 N–H and O–H groups in total. The standard InChI is InChI=1S/C29H22ClN5O2S/c1-18(2)37-24-14-10-19(11-15-24)26-21(17-34(32-26)23-6-4-3-5-7-23)16-25-28(36)35-29(38-25)31-27(33-35)20-8-12-22(30)13-9-20/h3-18H,1-2H3/b25-16+. The minimum Gasteiger partial charge on any atom is -0.491 e. The van der Waals surface area contributed by atoms with E-state index in [0.717, 1.165) is 33.8 Å². The highest BCUT2D eigenvalue weighted by Crippen LogP contribution is 2.27. The fourth-order valence-electron chi connectivity index (χ4n) is 4.09. The lowest BCUT2D eigenvalue weighted by atomic mass is 10.1. The average molecular weight is 540 g/mol. The van der Waals surface area contributed by atoms with Gasteiger partial charge in [0.25, 0.3) is 5.56 Å². The highest BCUT2D eigenvalue weighted by atomic mass is 35.5. The number of para-hydroxylation sites is 1. The summed E-state index contributed by atoms with van der Waals surface area (Å²) in [6.45, 7) is 3.99. The normalized spacial score (nSPS) is 12.1. The lowest BCUT2D eigenvalue weighted by Crippen LogP contribution is -2.23. The summed E-state index contributed by atoms with van der Waals surface area (Å²) in [6, 6.07) is 24.9. The first-order valence-electron chi connectivity index (χ1n) is 12.0. The lowest BCUT2D eigenvalue weighted by molar-refractivity contribution is 0.242. The Balaban J connectivity index is 1.44. The first-order valence-corrected chi connectivity index (χ1v) is 13.2. The van der Waals surface area contributed by atoms with Gasteiger partial charge in [-0.25, -0.2) is 4.68 Å². The van der Waals surface area contributed by atoms with Crippen LogP contribution < -0.4 is 14.8 Å². The number of benzene rings is 3. The van der Waals surface area contributed by atoms with Gasteiger partial charge in [-0.2, -0.15) is 14.6 Å². The second kappa shape index (κ2) is 9.89. The summed E-state index contributed by atoms with van der Waals surface area (Å²) in [5.74, 6) is 1.28. The highest BCUT2D eigenvalue weighted by molar-refractivity contribution is 7.15. The molecule has 0 radical (unpaired) electrons. The lowest BCUT2D eigenvalue weighted by Gasteiger charge is -2.09. The van der Waals surface area contributed by atoms with Crippen LogP contribution in [0.25, 0.3) is 39.4 Å². The largest absolute Gasteiger partial charge is 0.491 e. The maximum Gasteiger partial charge on any atom is 0.291 e. The van der Waals surface area contributed by atoms with Crippen LogP contribution >= 0.6 is 22.9 Å². The van der Waals surface area contributed by atoms with Gasteiger partial charge in [0, 0.05) is 27.9 Å². The third-order valence-corrected chi connectivity index (χ3v) is 7.04. The van der Waals surface area contributed by atoms with E-state index in [2.05, 4.69) is 10.1 Å². The average Bonchev–Trinajstić information content (AvgIpc) is 3.60. The van der Waals surface area contributed by atoms with Gasteiger partial charge >= 0.3 is 0 Å². The second-order valence-corrected chi connectivity index (χ2v) is 10.4. The molecular formula is C29H22ClN5O2S. The van der Waals surface area contributed by atoms with Gasteiger partial charge in [-0.15, -0.1) is 5.10 Å². The Morgan fingerprint density at radius 2 is 1.63 bits per heavy atom. The molecule has 3 heterocycles. The van der Waals surface area contributed by atoms with Crippen LogP contribution in [0, 0.1) is 0 Å². The fraction of sp³-hybridized carbons (Fsp3) is 0.103. The quantitative estimate of drug-likeness (QED) is 0.273. The van der Waals surface area contributed by atoms with Crippen LogP contribution in [0.4, 0.5) is 0 Å². The number of aromatic nitrogens is 5. The number of hydrogen-bond donors (Lipinski definition) is 0. The molecule has 0 saturated carbocycles. The Hall–Kier alpha value is -4.27. The van der Waals surface area contributed by atoms with Crippen molar-refractivity contribution in [1.82, 2.24) is 24.4 Å². The molecule has 38 heavy (non-hydrogen) atoms. The summed E-state index contributed by atoms with van der Waals surface area (Å²) in [5, 5.41) is 9.94. The maximum atomic E-state index is 13.3. The van der Waals surface area contributed by atoms with Crippen molar-refractivity contribution in [1.29, 1.82) is 0 Å². The number of nitrogens with zero attached hydrogens (tertiary/aromatic N) is 5. The van der Waals surface area contributed by atoms with Crippen molar-refractivity contribution in [2.75, 3.05) is 0 Å². The van der Waals surface area contributed by atoms with Crippen LogP contribution in [0.2, 0.25) is 5.02 Å². The van der Waals surface area contributed by atoms with E-state index in [1.54, 1.807) is 12.1 Å². The van der Waals surface area contributed by atoms with Gasteiger partial charge in [0.1, 0.15) is 11.4 Å². The molecule has 0 atom stereocenters. The maximum absolute atomic E-state index is 13.3. The zero-order valence-electron chi connectivity index (χ0n) is 20.6. The van der Waals surface area contributed by atoms with Gasteiger partial charge < -0.3 is 4.74 Å². The van der Waals surface area contributed by atoms with Crippen molar-refractivity contribution in [3.63, 3.8) is 0 Å². The van der Waals surface area contributed by atoms with E-state index in [4.69, 9.17) is 21.4 Å². The molecular weight excluding hydrogens is 518 g/mol. The predicted molar refractivity (Wildman–Crippen MR) is 151 cm³/mol. The van der Waals surface area contributed by atoms with E-state index < -0.39 is 0 Å². The van der Waals surface area contributed by atoms with Crippen molar-refractivity contribution in [2.45, 2.75) is 20.0 Å². The Morgan fingerprint density at radius 1 is 0.921 bits per heavy atom. The first kappa shape index (κ1) is 24.1. The van der Waals surface area contributed by atoms with Gasteiger partial charge in [0.05, 0.1) is 16.3 Å². The SMILES string of the molecule is CC(C)Oc1ccc(-c2nn(-c3ccccc3)cc2/C=c2/sc3nc(-c4ccc(Cl)cc4)nn3c2=O)cc1. The molecule has 0 unspecified atom stereocenters. The van der Waals surface area contributed by atoms with Crippen LogP contribution in [0.3, 0.4) is 0 Å². The molecule has 3 aromatic heterocycles. The molecule has 3 aromatic carbocycles. The molecule has 0 bridgehead atoms. The van der Waals surface area contributed by atoms with Crippen LogP contribution in [0.1, 0.15) is 19.4 Å². The molecule has 9 heteroatoms. The topological polar surface area (TPSA) is 74.3 Å². The van der Waals surface area contributed by atoms with Crippen molar-refractivity contribution in [3.8, 4) is 34.1 Å². The number of thiazole rings is 1.